The van der Waals surface area contributed by atoms with Gasteiger partial charge in [0.25, 0.3) is 0 Å². The van der Waals surface area contributed by atoms with Gasteiger partial charge < -0.3 is 14.5 Å². The minimum atomic E-state index is 1.12. The molecule has 0 saturated carbocycles. The van der Waals surface area contributed by atoms with Crippen molar-refractivity contribution in [2.75, 3.05) is 4.90 Å². The van der Waals surface area contributed by atoms with E-state index in [1.54, 1.807) is 0 Å². The third-order valence-corrected chi connectivity index (χ3v) is 8.94. The molecule has 1 N–H and O–H groups in total. The number of nitrogens with one attached hydrogen (secondary N) is 1. The number of aromatic amines is 1. The maximum Gasteiger partial charge on any atom is 0.0771 e. The average molecular weight is 576 g/mol. The van der Waals surface area contributed by atoms with Crippen LogP contribution in [-0.2, 0) is 0 Å². The van der Waals surface area contributed by atoms with Crippen LogP contribution in [0.3, 0.4) is 0 Å². The highest BCUT2D eigenvalue weighted by atomic mass is 15.1. The Bertz CT molecular complexity index is 2470. The zero-order valence-corrected chi connectivity index (χ0v) is 24.6. The zero-order chi connectivity index (χ0) is 29.7. The van der Waals surface area contributed by atoms with Gasteiger partial charge in [-0.25, -0.2) is 0 Å². The number of nitrogens with zero attached hydrogens (tertiary/aromatic N) is 2. The zero-order valence-electron chi connectivity index (χ0n) is 24.6. The Balaban J connectivity index is 1.07. The molecule has 3 heteroatoms. The van der Waals surface area contributed by atoms with Gasteiger partial charge in [-0.1, -0.05) is 103 Å². The quantitative estimate of drug-likeness (QED) is 0.217. The number of H-pyrrole nitrogens is 1. The van der Waals surface area contributed by atoms with Crippen LogP contribution >= 0.6 is 0 Å². The average Bonchev–Trinajstić information content (AvgIpc) is 3.71. The van der Waals surface area contributed by atoms with E-state index in [9.17, 15) is 0 Å². The van der Waals surface area contributed by atoms with Crippen molar-refractivity contribution >= 4 is 60.5 Å². The summed E-state index contributed by atoms with van der Waals surface area (Å²) in [5.41, 5.74) is 10.5. The fraction of sp³-hybridized carbons (Fsp3) is 0. The molecule has 0 amide bonds. The Hall–Kier alpha value is -6.06. The molecule has 2 aromatic heterocycles. The van der Waals surface area contributed by atoms with E-state index in [1.807, 2.05) is 0 Å². The first-order valence-corrected chi connectivity index (χ1v) is 15.4. The molecule has 0 aliphatic heterocycles. The highest BCUT2D eigenvalue weighted by Crippen LogP contribution is 2.37. The first kappa shape index (κ1) is 25.4. The van der Waals surface area contributed by atoms with Crippen LogP contribution in [0.5, 0.6) is 0 Å². The predicted octanol–water partition coefficient (Wildman–Crippen LogP) is 11.6. The molecule has 0 aliphatic carbocycles. The third kappa shape index (κ3) is 4.29. The molecule has 0 fully saturated rings. The van der Waals surface area contributed by atoms with E-state index in [-0.39, 0.29) is 0 Å². The fourth-order valence-corrected chi connectivity index (χ4v) is 6.72. The molecule has 0 spiro atoms. The smallest absolute Gasteiger partial charge is 0.0771 e. The molecule has 0 bridgehead atoms. The van der Waals surface area contributed by atoms with Crippen LogP contribution in [0.25, 0.3) is 60.3 Å². The fourth-order valence-electron chi connectivity index (χ4n) is 6.72. The Kier molecular flexibility index (Phi) is 5.82. The van der Waals surface area contributed by atoms with Crippen LogP contribution in [0.4, 0.5) is 17.1 Å². The summed E-state index contributed by atoms with van der Waals surface area (Å²) in [6.07, 6.45) is 2.17. The number of fused-ring (bicyclic) bond motifs is 6. The largest absolute Gasteiger partial charge is 0.353 e. The lowest BCUT2D eigenvalue weighted by Crippen LogP contribution is -2.09. The standard InChI is InChI=1S/C42H29N3/c1-2-10-35(11-3-1)45(37-24-18-29-8-4-5-9-33(29)28-37)36-22-16-31(17-23-36)30-14-20-34(21-15-30)44-27-26-32-19-25-39-38-12-6-7-13-40(38)43-41(39)42(32)44/h1-28,43H. The second kappa shape index (κ2) is 10.3. The van der Waals surface area contributed by atoms with Gasteiger partial charge in [-0.15, -0.1) is 0 Å². The van der Waals surface area contributed by atoms with Crippen molar-refractivity contribution in [1.29, 1.82) is 0 Å². The van der Waals surface area contributed by atoms with E-state index in [2.05, 4.69) is 184 Å². The molecule has 2 heterocycles. The van der Waals surface area contributed by atoms with Gasteiger partial charge in [-0.2, -0.15) is 0 Å². The summed E-state index contributed by atoms with van der Waals surface area (Å²) in [7, 11) is 0. The molecule has 0 aliphatic rings. The molecule has 9 aromatic rings. The first-order chi connectivity index (χ1) is 22.3. The number of rotatable bonds is 5. The van der Waals surface area contributed by atoms with Crippen LogP contribution in [0, 0.1) is 0 Å². The summed E-state index contributed by atoms with van der Waals surface area (Å²) in [5.74, 6) is 0. The molecular formula is C42H29N3. The SMILES string of the molecule is c1ccc(N(c2ccc(-c3ccc(-n4ccc5ccc6c7ccccc7[nH]c6c54)cc3)cc2)c2ccc3ccccc3c2)cc1. The van der Waals surface area contributed by atoms with E-state index in [0.29, 0.717) is 0 Å². The molecule has 0 radical (unpaired) electrons. The molecule has 45 heavy (non-hydrogen) atoms. The molecular weight excluding hydrogens is 546 g/mol. The maximum atomic E-state index is 3.68. The van der Waals surface area contributed by atoms with Gasteiger partial charge in [0.2, 0.25) is 0 Å². The normalized spacial score (nSPS) is 11.6. The van der Waals surface area contributed by atoms with Crippen LogP contribution in [0.2, 0.25) is 0 Å². The third-order valence-electron chi connectivity index (χ3n) is 8.94. The van der Waals surface area contributed by atoms with Crippen LogP contribution in [0.1, 0.15) is 0 Å². The molecule has 0 unspecified atom stereocenters. The Morgan fingerprint density at radius 3 is 1.91 bits per heavy atom. The van der Waals surface area contributed by atoms with Gasteiger partial charge in [-0.3, -0.25) is 0 Å². The van der Waals surface area contributed by atoms with Crippen molar-refractivity contribution in [2.45, 2.75) is 0 Å². The van der Waals surface area contributed by atoms with Gasteiger partial charge in [0.05, 0.1) is 11.0 Å². The van der Waals surface area contributed by atoms with Gasteiger partial charge in [0.1, 0.15) is 0 Å². The van der Waals surface area contributed by atoms with E-state index < -0.39 is 0 Å². The number of para-hydroxylation sites is 2. The molecule has 7 aromatic carbocycles. The van der Waals surface area contributed by atoms with Crippen LogP contribution < -0.4 is 4.90 Å². The number of anilines is 3. The monoisotopic (exact) mass is 575 g/mol. The van der Waals surface area contributed by atoms with Crippen molar-refractivity contribution < 1.29 is 0 Å². The van der Waals surface area contributed by atoms with Crippen molar-refractivity contribution in [3.8, 4) is 16.8 Å². The lowest BCUT2D eigenvalue weighted by molar-refractivity contribution is 1.13. The van der Waals surface area contributed by atoms with Crippen molar-refractivity contribution in [2.24, 2.45) is 0 Å². The Morgan fingerprint density at radius 1 is 0.444 bits per heavy atom. The van der Waals surface area contributed by atoms with Crippen molar-refractivity contribution in [1.82, 2.24) is 9.55 Å². The van der Waals surface area contributed by atoms with Crippen molar-refractivity contribution in [3.63, 3.8) is 0 Å². The Morgan fingerprint density at radius 2 is 1.09 bits per heavy atom. The van der Waals surface area contributed by atoms with Crippen LogP contribution in [0.15, 0.2) is 170 Å². The van der Waals surface area contributed by atoms with E-state index in [0.717, 1.165) is 28.3 Å². The van der Waals surface area contributed by atoms with Crippen LogP contribution in [-0.4, -0.2) is 9.55 Å². The molecule has 3 nitrogen and oxygen atoms in total. The first-order valence-electron chi connectivity index (χ1n) is 15.4. The predicted molar refractivity (Wildman–Crippen MR) is 190 cm³/mol. The summed E-state index contributed by atoms with van der Waals surface area (Å²) >= 11 is 0. The molecule has 9 rings (SSSR count). The summed E-state index contributed by atoms with van der Waals surface area (Å²) in [6.45, 7) is 0. The number of hydrogen-bond acceptors (Lipinski definition) is 1. The number of hydrogen-bond donors (Lipinski definition) is 1. The number of aromatic nitrogens is 2. The maximum absolute atomic E-state index is 3.68. The second-order valence-corrected chi connectivity index (χ2v) is 11.6. The highest BCUT2D eigenvalue weighted by molar-refractivity contribution is 6.16. The summed E-state index contributed by atoms with van der Waals surface area (Å²) in [5, 5.41) is 6.21. The van der Waals surface area contributed by atoms with Gasteiger partial charge in [0.15, 0.2) is 0 Å². The van der Waals surface area contributed by atoms with Crippen molar-refractivity contribution in [3.05, 3.63) is 170 Å². The van der Waals surface area contributed by atoms with E-state index in [4.69, 9.17) is 0 Å². The topological polar surface area (TPSA) is 24.0 Å². The van der Waals surface area contributed by atoms with Gasteiger partial charge in [-0.05, 0) is 82.6 Å². The minimum absolute atomic E-state index is 1.12. The lowest BCUT2D eigenvalue weighted by atomic mass is 10.0. The summed E-state index contributed by atoms with van der Waals surface area (Å²) in [4.78, 5) is 6.00. The second-order valence-electron chi connectivity index (χ2n) is 11.6. The lowest BCUT2D eigenvalue weighted by Gasteiger charge is -2.26. The number of benzene rings is 7. The molecule has 0 saturated heterocycles. The van der Waals surface area contributed by atoms with Gasteiger partial charge >= 0.3 is 0 Å². The molecule has 0 atom stereocenters. The minimum Gasteiger partial charge on any atom is -0.353 e. The molecule has 212 valence electrons. The van der Waals surface area contributed by atoms with Gasteiger partial charge in [0, 0.05) is 50.6 Å². The van der Waals surface area contributed by atoms with E-state index >= 15 is 0 Å². The van der Waals surface area contributed by atoms with E-state index in [1.165, 1.54) is 49.1 Å². The Labute approximate surface area is 261 Å². The summed E-state index contributed by atoms with van der Waals surface area (Å²) < 4.78 is 2.29. The highest BCUT2D eigenvalue weighted by Gasteiger charge is 2.14. The summed E-state index contributed by atoms with van der Waals surface area (Å²) in [6, 6.07) is 58.7.